The van der Waals surface area contributed by atoms with Gasteiger partial charge < -0.3 is 10.1 Å². The van der Waals surface area contributed by atoms with Gasteiger partial charge in [-0.25, -0.2) is 4.98 Å². The van der Waals surface area contributed by atoms with Crippen LogP contribution in [-0.4, -0.2) is 22.0 Å². The molecule has 0 radical (unpaired) electrons. The number of hydrogen-bond acceptors (Lipinski definition) is 3. The molecule has 0 saturated carbocycles. The highest BCUT2D eigenvalue weighted by Crippen LogP contribution is 2.32. The van der Waals surface area contributed by atoms with Crippen molar-refractivity contribution in [2.24, 2.45) is 0 Å². The number of benzene rings is 1. The smallest absolute Gasteiger partial charge is 0.142 e. The molecule has 0 fully saturated rings. The Morgan fingerprint density at radius 1 is 1.09 bits per heavy atom. The predicted molar refractivity (Wildman–Crippen MR) is 95.3 cm³/mol. The molecule has 3 aromatic rings. The molecule has 0 spiro atoms. The monoisotopic (exact) mass is 309 g/mol. The Kier molecular flexibility index (Phi) is 3.76. The van der Waals surface area contributed by atoms with Gasteiger partial charge in [0.25, 0.3) is 0 Å². The molecule has 2 heterocycles. The van der Waals surface area contributed by atoms with E-state index in [0.29, 0.717) is 0 Å². The number of rotatable bonds is 3. The van der Waals surface area contributed by atoms with Crippen molar-refractivity contribution >= 4 is 11.5 Å². The maximum Gasteiger partial charge on any atom is 0.142 e. The number of methoxy groups -OCH3 is 1. The summed E-state index contributed by atoms with van der Waals surface area (Å²) in [5, 5.41) is 3.60. The van der Waals surface area contributed by atoms with Crippen LogP contribution < -0.4 is 10.1 Å². The molecule has 0 aliphatic carbocycles. The summed E-state index contributed by atoms with van der Waals surface area (Å²) in [6.45, 7) is 8.54. The van der Waals surface area contributed by atoms with Crippen LogP contribution in [0.1, 0.15) is 26.3 Å². The van der Waals surface area contributed by atoms with Crippen LogP contribution in [0, 0.1) is 6.92 Å². The average Bonchev–Trinajstić information content (AvgIpc) is 2.86. The van der Waals surface area contributed by atoms with E-state index >= 15 is 0 Å². The number of hydrogen-bond donors (Lipinski definition) is 1. The van der Waals surface area contributed by atoms with Gasteiger partial charge in [-0.1, -0.05) is 6.07 Å². The summed E-state index contributed by atoms with van der Waals surface area (Å²) < 4.78 is 7.38. The lowest BCUT2D eigenvalue weighted by atomic mass is 10.1. The summed E-state index contributed by atoms with van der Waals surface area (Å²) in [4.78, 5) is 4.88. The van der Waals surface area contributed by atoms with E-state index in [9.17, 15) is 0 Å². The summed E-state index contributed by atoms with van der Waals surface area (Å²) in [5.74, 6) is 1.86. The van der Waals surface area contributed by atoms with E-state index in [2.05, 4.69) is 55.7 Å². The van der Waals surface area contributed by atoms with E-state index in [1.807, 2.05) is 24.3 Å². The minimum atomic E-state index is -0.0546. The van der Waals surface area contributed by atoms with Crippen LogP contribution in [0.2, 0.25) is 0 Å². The van der Waals surface area contributed by atoms with E-state index in [0.717, 1.165) is 34.0 Å². The van der Waals surface area contributed by atoms with Crippen LogP contribution in [-0.2, 0) is 0 Å². The Morgan fingerprint density at radius 2 is 1.78 bits per heavy atom. The van der Waals surface area contributed by atoms with Crippen LogP contribution in [0.4, 0.5) is 5.82 Å². The Bertz CT molecular complexity index is 826. The molecule has 1 N–H and O–H groups in total. The Hall–Kier alpha value is -2.49. The SMILES string of the molecule is COc1ccc(-c2nc3c(C)cccn3c2NC(C)(C)C)cc1. The molecule has 4 nitrogen and oxygen atoms in total. The molecule has 120 valence electrons. The van der Waals surface area contributed by atoms with Crippen LogP contribution in [0.5, 0.6) is 5.75 Å². The van der Waals surface area contributed by atoms with Gasteiger partial charge in [0.05, 0.1) is 7.11 Å². The van der Waals surface area contributed by atoms with Crippen molar-refractivity contribution in [1.29, 1.82) is 0 Å². The van der Waals surface area contributed by atoms with Crippen molar-refractivity contribution in [2.75, 3.05) is 12.4 Å². The summed E-state index contributed by atoms with van der Waals surface area (Å²) in [6, 6.07) is 12.2. The van der Waals surface area contributed by atoms with Crippen LogP contribution >= 0.6 is 0 Å². The van der Waals surface area contributed by atoms with Gasteiger partial charge in [-0.3, -0.25) is 4.40 Å². The zero-order chi connectivity index (χ0) is 16.6. The van der Waals surface area contributed by atoms with Gasteiger partial charge in [0.2, 0.25) is 0 Å². The maximum atomic E-state index is 5.25. The highest BCUT2D eigenvalue weighted by molar-refractivity contribution is 5.78. The van der Waals surface area contributed by atoms with Crippen molar-refractivity contribution in [3.05, 3.63) is 48.2 Å². The fraction of sp³-hybridized carbons (Fsp3) is 0.316. The number of aryl methyl sites for hydroxylation is 1. The van der Waals surface area contributed by atoms with Gasteiger partial charge in [-0.05, 0) is 63.6 Å². The first-order chi connectivity index (χ1) is 10.9. The lowest BCUT2D eigenvalue weighted by Crippen LogP contribution is -2.27. The quantitative estimate of drug-likeness (QED) is 0.772. The molecule has 0 bridgehead atoms. The van der Waals surface area contributed by atoms with E-state index in [1.54, 1.807) is 7.11 Å². The van der Waals surface area contributed by atoms with E-state index in [1.165, 1.54) is 0 Å². The van der Waals surface area contributed by atoms with Gasteiger partial charge in [-0.2, -0.15) is 0 Å². The first kappa shape index (κ1) is 15.4. The third-order valence-corrected chi connectivity index (χ3v) is 3.70. The predicted octanol–water partition coefficient (Wildman–Crippen LogP) is 4.53. The molecule has 2 aromatic heterocycles. The Labute approximate surface area is 137 Å². The number of fused-ring (bicyclic) bond motifs is 1. The minimum absolute atomic E-state index is 0.0546. The van der Waals surface area contributed by atoms with Crippen molar-refractivity contribution in [2.45, 2.75) is 33.2 Å². The molecule has 0 atom stereocenters. The molecule has 4 heteroatoms. The van der Waals surface area contributed by atoms with E-state index in [-0.39, 0.29) is 5.54 Å². The fourth-order valence-electron chi connectivity index (χ4n) is 2.63. The first-order valence-corrected chi connectivity index (χ1v) is 7.79. The van der Waals surface area contributed by atoms with Gasteiger partial charge >= 0.3 is 0 Å². The topological polar surface area (TPSA) is 38.6 Å². The Balaban J connectivity index is 2.21. The maximum absolute atomic E-state index is 5.25. The highest BCUT2D eigenvalue weighted by atomic mass is 16.5. The summed E-state index contributed by atoms with van der Waals surface area (Å²) >= 11 is 0. The van der Waals surface area contributed by atoms with Crippen molar-refractivity contribution in [1.82, 2.24) is 9.38 Å². The second-order valence-electron chi connectivity index (χ2n) is 6.80. The van der Waals surface area contributed by atoms with E-state index in [4.69, 9.17) is 9.72 Å². The number of nitrogens with one attached hydrogen (secondary N) is 1. The molecule has 1 aromatic carbocycles. The van der Waals surface area contributed by atoms with Crippen LogP contribution in [0.25, 0.3) is 16.9 Å². The summed E-state index contributed by atoms with van der Waals surface area (Å²) in [5.41, 5.74) is 4.10. The first-order valence-electron chi connectivity index (χ1n) is 7.79. The second kappa shape index (κ2) is 5.61. The average molecular weight is 309 g/mol. The summed E-state index contributed by atoms with van der Waals surface area (Å²) in [7, 11) is 1.68. The van der Waals surface area contributed by atoms with Crippen molar-refractivity contribution in [3.63, 3.8) is 0 Å². The molecule has 3 rings (SSSR count). The number of nitrogens with zero attached hydrogens (tertiary/aromatic N) is 2. The van der Waals surface area contributed by atoms with E-state index < -0.39 is 0 Å². The third kappa shape index (κ3) is 3.02. The third-order valence-electron chi connectivity index (χ3n) is 3.70. The van der Waals surface area contributed by atoms with Crippen LogP contribution in [0.15, 0.2) is 42.6 Å². The second-order valence-corrected chi connectivity index (χ2v) is 6.80. The van der Waals surface area contributed by atoms with Gasteiger partial charge in [0.1, 0.15) is 22.9 Å². The lowest BCUT2D eigenvalue weighted by Gasteiger charge is -2.22. The van der Waals surface area contributed by atoms with Crippen molar-refractivity contribution in [3.8, 4) is 17.0 Å². The fourth-order valence-corrected chi connectivity index (χ4v) is 2.63. The van der Waals surface area contributed by atoms with Gasteiger partial charge in [0, 0.05) is 17.3 Å². The number of imidazole rings is 1. The molecule has 23 heavy (non-hydrogen) atoms. The lowest BCUT2D eigenvalue weighted by molar-refractivity contribution is 0.415. The molecule has 0 saturated heterocycles. The molecule has 0 aliphatic heterocycles. The standard InChI is InChI=1S/C19H23N3O/c1-13-7-6-12-22-17(13)20-16(18(22)21-19(2,3)4)14-8-10-15(23-5)11-9-14/h6-12,21H,1-5H3. The number of pyridine rings is 1. The molecular weight excluding hydrogens is 286 g/mol. The molecule has 0 unspecified atom stereocenters. The highest BCUT2D eigenvalue weighted by Gasteiger charge is 2.19. The molecular formula is C19H23N3O. The largest absolute Gasteiger partial charge is 0.497 e. The van der Waals surface area contributed by atoms with Crippen molar-refractivity contribution < 1.29 is 4.74 Å². The Morgan fingerprint density at radius 3 is 2.39 bits per heavy atom. The zero-order valence-electron chi connectivity index (χ0n) is 14.3. The van der Waals surface area contributed by atoms with Crippen LogP contribution in [0.3, 0.4) is 0 Å². The zero-order valence-corrected chi connectivity index (χ0v) is 14.3. The number of anilines is 1. The molecule has 0 aliphatic rings. The minimum Gasteiger partial charge on any atom is -0.497 e. The van der Waals surface area contributed by atoms with Gasteiger partial charge in [-0.15, -0.1) is 0 Å². The summed E-state index contributed by atoms with van der Waals surface area (Å²) in [6.07, 6.45) is 2.05. The van der Waals surface area contributed by atoms with Gasteiger partial charge in [0.15, 0.2) is 0 Å². The molecule has 0 amide bonds. The number of aromatic nitrogens is 2. The number of ether oxygens (including phenoxy) is 1. The normalized spacial score (nSPS) is 11.7.